The first kappa shape index (κ1) is 25.8. The number of nitrogens with zero attached hydrogens (tertiary/aromatic N) is 1. The van der Waals surface area contributed by atoms with Crippen LogP contribution in [-0.2, 0) is 22.7 Å². The van der Waals surface area contributed by atoms with Crippen LogP contribution >= 0.6 is 23.2 Å². The monoisotopic (exact) mass is 491 g/mol. The third-order valence-corrected chi connectivity index (χ3v) is 4.86. The van der Waals surface area contributed by atoms with Crippen molar-refractivity contribution in [3.63, 3.8) is 0 Å². The zero-order valence-corrected chi connectivity index (χ0v) is 18.7. The molecule has 0 bridgehead atoms. The van der Waals surface area contributed by atoms with E-state index in [4.69, 9.17) is 23.2 Å². The van der Waals surface area contributed by atoms with Crippen LogP contribution in [-0.4, -0.2) is 42.7 Å². The van der Waals surface area contributed by atoms with Crippen LogP contribution in [0.15, 0.2) is 42.5 Å². The number of urea groups is 1. The van der Waals surface area contributed by atoms with Crippen molar-refractivity contribution in [2.24, 2.45) is 0 Å². The first-order valence-electron chi connectivity index (χ1n) is 9.58. The molecule has 0 heterocycles. The van der Waals surface area contributed by atoms with Gasteiger partial charge in [0.2, 0.25) is 5.91 Å². The van der Waals surface area contributed by atoms with E-state index in [0.717, 1.165) is 5.56 Å². The topological polar surface area (TPSA) is 70.7 Å². The van der Waals surface area contributed by atoms with E-state index < -0.39 is 24.7 Å². The number of para-hydroxylation sites is 1. The average molecular weight is 492 g/mol. The van der Waals surface area contributed by atoms with Crippen molar-refractivity contribution >= 4 is 40.8 Å². The summed E-state index contributed by atoms with van der Waals surface area (Å²) >= 11 is 12.1. The lowest BCUT2D eigenvalue weighted by molar-refractivity contribution is -0.176. The maximum absolute atomic E-state index is 12.4. The van der Waals surface area contributed by atoms with Gasteiger partial charge in [-0.1, -0.05) is 53.5 Å². The number of halogens is 5. The fraction of sp³-hybridized carbons (Fsp3) is 0.333. The van der Waals surface area contributed by atoms with Crippen LogP contribution < -0.4 is 10.6 Å². The number of ether oxygens (including phenoxy) is 1. The van der Waals surface area contributed by atoms with Gasteiger partial charge in [0, 0.05) is 13.1 Å². The van der Waals surface area contributed by atoms with Gasteiger partial charge in [-0.2, -0.15) is 13.2 Å². The van der Waals surface area contributed by atoms with Gasteiger partial charge in [0.15, 0.2) is 0 Å². The highest BCUT2D eigenvalue weighted by Crippen LogP contribution is 2.29. The predicted octanol–water partition coefficient (Wildman–Crippen LogP) is 5.24. The van der Waals surface area contributed by atoms with E-state index in [1.165, 1.54) is 4.90 Å². The van der Waals surface area contributed by atoms with Gasteiger partial charge in [0.05, 0.1) is 22.3 Å². The summed E-state index contributed by atoms with van der Waals surface area (Å²) in [4.78, 5) is 26.1. The van der Waals surface area contributed by atoms with Crippen molar-refractivity contribution in [1.82, 2.24) is 10.2 Å². The number of amides is 3. The Morgan fingerprint density at radius 1 is 1.03 bits per heavy atom. The molecule has 0 aliphatic carbocycles. The molecule has 2 aromatic carbocycles. The second kappa shape index (κ2) is 11.9. The fourth-order valence-corrected chi connectivity index (χ4v) is 3.12. The van der Waals surface area contributed by atoms with Gasteiger partial charge in [-0.15, -0.1) is 0 Å². The fourth-order valence-electron chi connectivity index (χ4n) is 2.62. The smallest absolute Gasteiger partial charge is 0.367 e. The van der Waals surface area contributed by atoms with E-state index in [1.54, 1.807) is 49.4 Å². The second-order valence-electron chi connectivity index (χ2n) is 6.74. The largest absolute Gasteiger partial charge is 0.411 e. The van der Waals surface area contributed by atoms with Crippen molar-refractivity contribution in [1.29, 1.82) is 0 Å². The number of carbonyl (C=O) groups excluding carboxylic acids is 2. The molecule has 0 atom stereocenters. The highest BCUT2D eigenvalue weighted by molar-refractivity contribution is 6.39. The molecule has 0 radical (unpaired) electrons. The van der Waals surface area contributed by atoms with Crippen molar-refractivity contribution in [2.75, 3.05) is 25.0 Å². The molecule has 2 rings (SSSR count). The molecule has 0 fully saturated rings. The van der Waals surface area contributed by atoms with E-state index in [-0.39, 0.29) is 42.0 Å². The van der Waals surface area contributed by atoms with E-state index in [0.29, 0.717) is 5.56 Å². The summed E-state index contributed by atoms with van der Waals surface area (Å²) in [7, 11) is 0. The molecule has 11 heteroatoms. The summed E-state index contributed by atoms with van der Waals surface area (Å²) in [6, 6.07) is 11.0. The molecule has 6 nitrogen and oxygen atoms in total. The molecular formula is C21H22Cl2F3N3O3. The molecule has 0 aromatic heterocycles. The van der Waals surface area contributed by atoms with Gasteiger partial charge < -0.3 is 20.3 Å². The van der Waals surface area contributed by atoms with Gasteiger partial charge in [-0.25, -0.2) is 4.79 Å². The van der Waals surface area contributed by atoms with E-state index in [1.807, 2.05) is 0 Å². The number of hydrogen-bond acceptors (Lipinski definition) is 3. The third-order valence-electron chi connectivity index (χ3n) is 4.23. The lowest BCUT2D eigenvalue weighted by Gasteiger charge is -2.21. The van der Waals surface area contributed by atoms with Crippen LogP contribution in [0.25, 0.3) is 0 Å². The molecule has 0 aliphatic rings. The summed E-state index contributed by atoms with van der Waals surface area (Å²) in [6.07, 6.45) is -4.37. The van der Waals surface area contributed by atoms with Gasteiger partial charge in [0.1, 0.15) is 13.2 Å². The molecular weight excluding hydrogens is 470 g/mol. The van der Waals surface area contributed by atoms with Gasteiger partial charge >= 0.3 is 12.2 Å². The van der Waals surface area contributed by atoms with Crippen molar-refractivity contribution in [3.05, 3.63) is 63.6 Å². The molecule has 2 aromatic rings. The van der Waals surface area contributed by atoms with Crippen LogP contribution in [0.5, 0.6) is 0 Å². The average Bonchev–Trinajstić information content (AvgIpc) is 2.73. The minimum absolute atomic E-state index is 0.166. The number of nitrogens with one attached hydrogen (secondary N) is 2. The number of alkyl halides is 3. The SMILES string of the molecule is CCN(CC(=O)Nc1c(Cl)cccc1Cl)C(=O)NCc1ccc(COCC(F)(F)F)cc1. The van der Waals surface area contributed by atoms with Crippen molar-refractivity contribution < 1.29 is 27.5 Å². The summed E-state index contributed by atoms with van der Waals surface area (Å²) in [5.74, 6) is -0.458. The third kappa shape index (κ3) is 8.57. The number of benzene rings is 2. The number of likely N-dealkylation sites (N-methyl/N-ethyl adjacent to an activating group) is 1. The molecule has 32 heavy (non-hydrogen) atoms. The van der Waals surface area contributed by atoms with E-state index >= 15 is 0 Å². The highest BCUT2D eigenvalue weighted by Gasteiger charge is 2.27. The Bertz CT molecular complexity index is 904. The predicted molar refractivity (Wildman–Crippen MR) is 117 cm³/mol. The maximum Gasteiger partial charge on any atom is 0.411 e. The van der Waals surface area contributed by atoms with E-state index in [9.17, 15) is 22.8 Å². The lowest BCUT2D eigenvalue weighted by atomic mass is 10.1. The zero-order valence-electron chi connectivity index (χ0n) is 17.1. The Morgan fingerprint density at radius 2 is 1.62 bits per heavy atom. The molecule has 0 saturated carbocycles. The zero-order chi connectivity index (χ0) is 23.7. The molecule has 174 valence electrons. The minimum Gasteiger partial charge on any atom is -0.367 e. The van der Waals surface area contributed by atoms with Gasteiger partial charge in [-0.05, 0) is 30.2 Å². The molecule has 3 amide bonds. The number of anilines is 1. The molecule has 0 spiro atoms. The van der Waals surface area contributed by atoms with Crippen LogP contribution in [0.1, 0.15) is 18.1 Å². The Balaban J connectivity index is 1.83. The van der Waals surface area contributed by atoms with Crippen LogP contribution in [0.2, 0.25) is 10.0 Å². The van der Waals surface area contributed by atoms with Gasteiger partial charge in [-0.3, -0.25) is 4.79 Å². The summed E-state index contributed by atoms with van der Waals surface area (Å²) < 4.78 is 40.9. The molecule has 2 N–H and O–H groups in total. The Kier molecular flexibility index (Phi) is 9.61. The van der Waals surface area contributed by atoms with Crippen LogP contribution in [0, 0.1) is 0 Å². The van der Waals surface area contributed by atoms with E-state index in [2.05, 4.69) is 15.4 Å². The standard InChI is InChI=1S/C21H22Cl2F3N3O3/c1-2-29(11-18(30)28-19-16(22)4-3-5-17(19)23)20(31)27-10-14-6-8-15(9-7-14)12-32-13-21(24,25)26/h3-9H,2,10-13H2,1H3,(H,27,31)(H,28,30). The molecule has 0 aliphatic heterocycles. The van der Waals surface area contributed by atoms with Crippen LogP contribution in [0.4, 0.5) is 23.7 Å². The Labute approximate surface area is 193 Å². The molecule has 0 saturated heterocycles. The normalized spacial score (nSPS) is 11.2. The number of rotatable bonds is 9. The lowest BCUT2D eigenvalue weighted by Crippen LogP contribution is -2.43. The Hall–Kier alpha value is -2.49. The van der Waals surface area contributed by atoms with Gasteiger partial charge in [0.25, 0.3) is 0 Å². The minimum atomic E-state index is -4.37. The number of carbonyl (C=O) groups is 2. The second-order valence-corrected chi connectivity index (χ2v) is 7.56. The Morgan fingerprint density at radius 3 is 2.19 bits per heavy atom. The maximum atomic E-state index is 12.4. The first-order chi connectivity index (χ1) is 15.1. The van der Waals surface area contributed by atoms with Crippen LogP contribution in [0.3, 0.4) is 0 Å². The summed E-state index contributed by atoms with van der Waals surface area (Å²) in [6.45, 7) is 0.501. The van der Waals surface area contributed by atoms with Crippen molar-refractivity contribution in [2.45, 2.75) is 26.3 Å². The quantitative estimate of drug-likeness (QED) is 0.503. The number of hydrogen-bond donors (Lipinski definition) is 2. The van der Waals surface area contributed by atoms with Crippen molar-refractivity contribution in [3.8, 4) is 0 Å². The summed E-state index contributed by atoms with van der Waals surface area (Å²) in [5, 5.41) is 5.86. The highest BCUT2D eigenvalue weighted by atomic mass is 35.5. The molecule has 0 unspecified atom stereocenters. The summed E-state index contributed by atoms with van der Waals surface area (Å²) in [5.41, 5.74) is 1.59. The first-order valence-corrected chi connectivity index (χ1v) is 10.3.